The largest absolute Gasteiger partial charge is 0.326 e. The van der Waals surface area contributed by atoms with Gasteiger partial charge in [0, 0.05) is 31.7 Å². The van der Waals surface area contributed by atoms with Gasteiger partial charge in [-0.25, -0.2) is 9.78 Å². The standard InChI is InChI=1S/C24H27N5O/c1-18-9-3-5-11-21(18)29(24(30)27(2)19-13-14-19)17-23-26-20-10-4-6-12-22(20)28(23)16-8-7-15-25/h3-6,9-12,19H,7-8,13-14,16-17H2,1-2H3. The number of carbonyl (C=O) groups is 1. The van der Waals surface area contributed by atoms with Gasteiger partial charge in [0.2, 0.25) is 0 Å². The van der Waals surface area contributed by atoms with Crippen molar-refractivity contribution in [2.75, 3.05) is 11.9 Å². The zero-order chi connectivity index (χ0) is 21.1. The summed E-state index contributed by atoms with van der Waals surface area (Å²) in [5.74, 6) is 0.843. The molecule has 2 aromatic carbocycles. The summed E-state index contributed by atoms with van der Waals surface area (Å²) < 4.78 is 2.16. The maximum Gasteiger partial charge on any atom is 0.324 e. The molecule has 0 bridgehead atoms. The lowest BCUT2D eigenvalue weighted by Crippen LogP contribution is -2.42. The predicted octanol–water partition coefficient (Wildman–Crippen LogP) is 4.87. The third-order valence-electron chi connectivity index (χ3n) is 5.74. The Morgan fingerprint density at radius 1 is 1.20 bits per heavy atom. The van der Waals surface area contributed by atoms with Crippen LogP contribution in [0.15, 0.2) is 48.5 Å². The van der Waals surface area contributed by atoms with E-state index < -0.39 is 0 Å². The summed E-state index contributed by atoms with van der Waals surface area (Å²) in [6, 6.07) is 18.6. The number of aryl methyl sites for hydroxylation is 2. The summed E-state index contributed by atoms with van der Waals surface area (Å²) in [7, 11) is 1.89. The van der Waals surface area contributed by atoms with Crippen molar-refractivity contribution < 1.29 is 4.79 Å². The molecular formula is C24H27N5O. The molecular weight excluding hydrogens is 374 g/mol. The number of urea groups is 1. The Balaban J connectivity index is 1.73. The van der Waals surface area contributed by atoms with E-state index in [1.54, 1.807) is 0 Å². The molecule has 30 heavy (non-hydrogen) atoms. The van der Waals surface area contributed by atoms with Crippen molar-refractivity contribution in [2.24, 2.45) is 0 Å². The number of para-hydroxylation sites is 3. The number of rotatable bonds is 7. The summed E-state index contributed by atoms with van der Waals surface area (Å²) in [5, 5.41) is 8.96. The molecule has 3 aromatic rings. The lowest BCUT2D eigenvalue weighted by atomic mass is 10.2. The number of hydrogen-bond donors (Lipinski definition) is 0. The Labute approximate surface area is 177 Å². The van der Waals surface area contributed by atoms with Crippen molar-refractivity contribution in [2.45, 2.75) is 51.7 Å². The van der Waals surface area contributed by atoms with Crippen LogP contribution >= 0.6 is 0 Å². The Morgan fingerprint density at radius 3 is 2.67 bits per heavy atom. The molecule has 1 heterocycles. The minimum Gasteiger partial charge on any atom is -0.326 e. The zero-order valence-electron chi connectivity index (χ0n) is 17.6. The van der Waals surface area contributed by atoms with Crippen LogP contribution in [-0.4, -0.2) is 33.6 Å². The first-order valence-corrected chi connectivity index (χ1v) is 10.5. The van der Waals surface area contributed by atoms with Gasteiger partial charge in [0.15, 0.2) is 0 Å². The first-order valence-electron chi connectivity index (χ1n) is 10.5. The van der Waals surface area contributed by atoms with E-state index in [0.29, 0.717) is 25.6 Å². The van der Waals surface area contributed by atoms with E-state index >= 15 is 0 Å². The zero-order valence-corrected chi connectivity index (χ0v) is 17.6. The second-order valence-electron chi connectivity index (χ2n) is 7.93. The molecule has 1 aromatic heterocycles. The summed E-state index contributed by atoms with van der Waals surface area (Å²) in [4.78, 5) is 22.0. The van der Waals surface area contributed by atoms with Gasteiger partial charge < -0.3 is 9.47 Å². The van der Waals surface area contributed by atoms with Crippen LogP contribution in [0.25, 0.3) is 11.0 Å². The molecule has 0 aliphatic heterocycles. The smallest absolute Gasteiger partial charge is 0.324 e. The van der Waals surface area contributed by atoms with Gasteiger partial charge in [-0.15, -0.1) is 0 Å². The molecule has 0 N–H and O–H groups in total. The summed E-state index contributed by atoms with van der Waals surface area (Å²) >= 11 is 0. The van der Waals surface area contributed by atoms with Gasteiger partial charge in [-0.2, -0.15) is 5.26 Å². The monoisotopic (exact) mass is 401 g/mol. The number of benzene rings is 2. The first-order chi connectivity index (χ1) is 14.6. The maximum atomic E-state index is 13.4. The summed E-state index contributed by atoms with van der Waals surface area (Å²) in [6.45, 7) is 3.13. The van der Waals surface area contributed by atoms with Crippen LogP contribution in [0.4, 0.5) is 10.5 Å². The molecule has 1 aliphatic carbocycles. The van der Waals surface area contributed by atoms with Crippen LogP contribution in [-0.2, 0) is 13.1 Å². The highest BCUT2D eigenvalue weighted by atomic mass is 16.2. The SMILES string of the molecule is Cc1ccccc1N(Cc1nc2ccccc2n1CCCC#N)C(=O)N(C)C1CC1. The maximum absolute atomic E-state index is 13.4. The van der Waals surface area contributed by atoms with E-state index in [9.17, 15) is 4.79 Å². The molecule has 0 unspecified atom stereocenters. The van der Waals surface area contributed by atoms with Crippen LogP contribution in [0.1, 0.15) is 37.1 Å². The molecule has 6 nitrogen and oxygen atoms in total. The Hall–Kier alpha value is -3.33. The second-order valence-corrected chi connectivity index (χ2v) is 7.93. The van der Waals surface area contributed by atoms with Gasteiger partial charge in [0.25, 0.3) is 0 Å². The molecule has 0 radical (unpaired) electrons. The molecule has 154 valence electrons. The van der Waals surface area contributed by atoms with E-state index in [4.69, 9.17) is 10.2 Å². The summed E-state index contributed by atoms with van der Waals surface area (Å²) in [6.07, 6.45) is 3.38. The first kappa shape index (κ1) is 20.0. The fourth-order valence-electron chi connectivity index (χ4n) is 3.88. The molecule has 0 spiro atoms. The highest BCUT2D eigenvalue weighted by Gasteiger charge is 2.33. The average Bonchev–Trinajstić information content (AvgIpc) is 3.55. The Kier molecular flexibility index (Phi) is 5.71. The molecule has 0 atom stereocenters. The van der Waals surface area contributed by atoms with Crippen molar-refractivity contribution in [3.8, 4) is 6.07 Å². The molecule has 1 fully saturated rings. The lowest BCUT2D eigenvalue weighted by Gasteiger charge is -2.29. The molecule has 6 heteroatoms. The van der Waals surface area contributed by atoms with Crippen LogP contribution in [0.5, 0.6) is 0 Å². The third-order valence-corrected chi connectivity index (χ3v) is 5.74. The second kappa shape index (κ2) is 8.58. The van der Waals surface area contributed by atoms with Gasteiger partial charge in [0.1, 0.15) is 5.82 Å². The molecule has 1 aliphatic rings. The van der Waals surface area contributed by atoms with Crippen molar-refractivity contribution in [1.29, 1.82) is 5.26 Å². The topological polar surface area (TPSA) is 65.2 Å². The molecule has 0 saturated heterocycles. The number of carbonyl (C=O) groups excluding carboxylic acids is 1. The number of imidazole rings is 1. The molecule has 4 rings (SSSR count). The van der Waals surface area contributed by atoms with E-state index in [-0.39, 0.29) is 6.03 Å². The number of aromatic nitrogens is 2. The number of anilines is 1. The number of nitriles is 1. The lowest BCUT2D eigenvalue weighted by molar-refractivity contribution is 0.212. The van der Waals surface area contributed by atoms with Gasteiger partial charge in [-0.3, -0.25) is 4.90 Å². The predicted molar refractivity (Wildman–Crippen MR) is 118 cm³/mol. The molecule has 1 saturated carbocycles. The fraction of sp³-hybridized carbons (Fsp3) is 0.375. The number of hydrogen-bond acceptors (Lipinski definition) is 3. The normalized spacial score (nSPS) is 13.2. The van der Waals surface area contributed by atoms with E-state index in [2.05, 4.69) is 16.7 Å². The van der Waals surface area contributed by atoms with Gasteiger partial charge >= 0.3 is 6.03 Å². The van der Waals surface area contributed by atoms with Gasteiger partial charge in [-0.1, -0.05) is 30.3 Å². The number of unbranched alkanes of at least 4 members (excludes halogenated alkanes) is 1. The average molecular weight is 402 g/mol. The van der Waals surface area contributed by atoms with E-state index in [1.807, 2.05) is 66.2 Å². The van der Waals surface area contributed by atoms with Crippen LogP contribution < -0.4 is 4.90 Å². The van der Waals surface area contributed by atoms with Crippen LogP contribution in [0.3, 0.4) is 0 Å². The minimum atomic E-state index is 0.00225. The summed E-state index contributed by atoms with van der Waals surface area (Å²) in [5.41, 5.74) is 3.92. The Morgan fingerprint density at radius 2 is 1.93 bits per heavy atom. The molecule has 2 amide bonds. The van der Waals surface area contributed by atoms with Crippen molar-refractivity contribution in [3.63, 3.8) is 0 Å². The van der Waals surface area contributed by atoms with Gasteiger partial charge in [-0.05, 0) is 49.9 Å². The third kappa shape index (κ3) is 4.02. The van der Waals surface area contributed by atoms with Crippen molar-refractivity contribution in [1.82, 2.24) is 14.5 Å². The van der Waals surface area contributed by atoms with Crippen molar-refractivity contribution in [3.05, 3.63) is 59.9 Å². The quantitative estimate of drug-likeness (QED) is 0.531. The highest BCUT2D eigenvalue weighted by molar-refractivity contribution is 5.93. The van der Waals surface area contributed by atoms with Crippen molar-refractivity contribution >= 4 is 22.8 Å². The minimum absolute atomic E-state index is 0.00225. The number of nitrogens with zero attached hydrogens (tertiary/aromatic N) is 5. The highest BCUT2D eigenvalue weighted by Crippen LogP contribution is 2.30. The number of amides is 2. The van der Waals surface area contributed by atoms with Crippen LogP contribution in [0.2, 0.25) is 0 Å². The van der Waals surface area contributed by atoms with Gasteiger partial charge in [0.05, 0.1) is 23.6 Å². The van der Waals surface area contributed by atoms with E-state index in [0.717, 1.165) is 47.4 Å². The number of fused-ring (bicyclic) bond motifs is 1. The fourth-order valence-corrected chi connectivity index (χ4v) is 3.88. The Bertz CT molecular complexity index is 1090. The van der Waals surface area contributed by atoms with E-state index in [1.165, 1.54) is 0 Å². The van der Waals surface area contributed by atoms with Crippen LogP contribution in [0, 0.1) is 18.3 Å².